The van der Waals surface area contributed by atoms with Crippen LogP contribution in [0.5, 0.6) is 0 Å². The van der Waals surface area contributed by atoms with E-state index in [-0.39, 0.29) is 0 Å². The van der Waals surface area contributed by atoms with Crippen LogP contribution in [0, 0.1) is 5.92 Å². The third kappa shape index (κ3) is 5.36. The topological polar surface area (TPSA) is 24.5 Å². The van der Waals surface area contributed by atoms with Crippen molar-refractivity contribution in [3.8, 4) is 0 Å². The minimum absolute atomic E-state index is 0.354. The molecule has 1 rings (SSSR count). The lowest BCUT2D eigenvalue weighted by molar-refractivity contribution is 0.0547. The van der Waals surface area contributed by atoms with E-state index < -0.39 is 0 Å². The second-order valence-corrected chi connectivity index (χ2v) is 5.45. The monoisotopic (exact) mass is 242 g/mol. The van der Waals surface area contributed by atoms with E-state index in [2.05, 4.69) is 31.0 Å². The molecule has 1 aliphatic rings. The predicted octanol–water partition coefficient (Wildman–Crippen LogP) is 2.12. The summed E-state index contributed by atoms with van der Waals surface area (Å²) in [5.74, 6) is 0.805. The molecule has 3 unspecified atom stereocenters. The summed E-state index contributed by atoms with van der Waals surface area (Å²) in [7, 11) is 1.80. The van der Waals surface area contributed by atoms with Crippen molar-refractivity contribution in [2.24, 2.45) is 5.92 Å². The van der Waals surface area contributed by atoms with Crippen LogP contribution in [-0.2, 0) is 4.74 Å². The molecule has 0 saturated carbocycles. The number of piperidine rings is 1. The summed E-state index contributed by atoms with van der Waals surface area (Å²) in [6, 6.07) is 0.649. The molecule has 0 aromatic heterocycles. The van der Waals surface area contributed by atoms with Gasteiger partial charge in [0.1, 0.15) is 0 Å². The molecular weight excluding hydrogens is 212 g/mol. The van der Waals surface area contributed by atoms with Crippen molar-refractivity contribution in [1.29, 1.82) is 0 Å². The summed E-state index contributed by atoms with van der Waals surface area (Å²) in [4.78, 5) is 2.56. The standard InChI is InChI=1S/C14H30N2O/c1-5-8-15-13(3)14-7-6-9-16(11-14)10-12(2)17-4/h12-15H,5-11H2,1-4H3. The van der Waals surface area contributed by atoms with Crippen molar-refractivity contribution >= 4 is 0 Å². The molecule has 0 aromatic rings. The fourth-order valence-corrected chi connectivity index (χ4v) is 2.64. The van der Waals surface area contributed by atoms with Gasteiger partial charge >= 0.3 is 0 Å². The molecule has 102 valence electrons. The molecular formula is C14H30N2O. The van der Waals surface area contributed by atoms with Crippen LogP contribution in [0.4, 0.5) is 0 Å². The van der Waals surface area contributed by atoms with E-state index in [4.69, 9.17) is 4.74 Å². The first-order chi connectivity index (χ1) is 8.17. The molecule has 1 aliphatic heterocycles. The normalized spacial score (nSPS) is 25.8. The van der Waals surface area contributed by atoms with Crippen molar-refractivity contribution in [2.75, 3.05) is 33.3 Å². The van der Waals surface area contributed by atoms with Crippen LogP contribution in [0.25, 0.3) is 0 Å². The lowest BCUT2D eigenvalue weighted by Crippen LogP contribution is -2.46. The van der Waals surface area contributed by atoms with Crippen LogP contribution in [0.1, 0.15) is 40.0 Å². The van der Waals surface area contributed by atoms with Gasteiger partial charge in [-0.25, -0.2) is 0 Å². The minimum Gasteiger partial charge on any atom is -0.380 e. The van der Waals surface area contributed by atoms with Crippen LogP contribution in [0.15, 0.2) is 0 Å². The first-order valence-corrected chi connectivity index (χ1v) is 7.15. The molecule has 0 radical (unpaired) electrons. The highest BCUT2D eigenvalue weighted by Gasteiger charge is 2.24. The van der Waals surface area contributed by atoms with E-state index >= 15 is 0 Å². The SMILES string of the molecule is CCCNC(C)C1CCCN(CC(C)OC)C1. The van der Waals surface area contributed by atoms with Crippen LogP contribution >= 0.6 is 0 Å². The lowest BCUT2D eigenvalue weighted by atomic mass is 9.91. The van der Waals surface area contributed by atoms with Gasteiger partial charge in [-0.1, -0.05) is 6.92 Å². The van der Waals surface area contributed by atoms with Gasteiger partial charge in [-0.2, -0.15) is 0 Å². The molecule has 3 nitrogen and oxygen atoms in total. The highest BCUT2D eigenvalue weighted by Crippen LogP contribution is 2.20. The Morgan fingerprint density at radius 3 is 2.82 bits per heavy atom. The van der Waals surface area contributed by atoms with Gasteiger partial charge < -0.3 is 15.0 Å². The molecule has 0 aromatic carbocycles. The maximum absolute atomic E-state index is 5.36. The van der Waals surface area contributed by atoms with Crippen LogP contribution in [0.2, 0.25) is 0 Å². The smallest absolute Gasteiger partial charge is 0.0670 e. The molecule has 1 heterocycles. The Morgan fingerprint density at radius 2 is 2.18 bits per heavy atom. The van der Waals surface area contributed by atoms with Crippen LogP contribution < -0.4 is 5.32 Å². The number of hydrogen-bond donors (Lipinski definition) is 1. The van der Waals surface area contributed by atoms with E-state index in [1.54, 1.807) is 7.11 Å². The fraction of sp³-hybridized carbons (Fsp3) is 1.00. The lowest BCUT2D eigenvalue weighted by Gasteiger charge is -2.37. The Balaban J connectivity index is 2.32. The molecule has 0 aliphatic carbocycles. The summed E-state index contributed by atoms with van der Waals surface area (Å²) in [6.45, 7) is 11.4. The summed E-state index contributed by atoms with van der Waals surface area (Å²) in [6.07, 6.45) is 4.28. The fourth-order valence-electron chi connectivity index (χ4n) is 2.64. The zero-order valence-electron chi connectivity index (χ0n) is 12.0. The second kappa shape index (κ2) is 8.06. The molecule has 0 bridgehead atoms. The van der Waals surface area contributed by atoms with E-state index in [1.165, 1.54) is 32.4 Å². The third-order valence-corrected chi connectivity index (χ3v) is 3.88. The molecule has 0 spiro atoms. The van der Waals surface area contributed by atoms with Gasteiger partial charge in [0.05, 0.1) is 6.10 Å². The molecule has 3 heteroatoms. The zero-order chi connectivity index (χ0) is 12.7. The van der Waals surface area contributed by atoms with Gasteiger partial charge in [-0.15, -0.1) is 0 Å². The first-order valence-electron chi connectivity index (χ1n) is 7.15. The highest BCUT2D eigenvalue weighted by molar-refractivity contribution is 4.81. The van der Waals surface area contributed by atoms with Crippen molar-refractivity contribution in [3.63, 3.8) is 0 Å². The third-order valence-electron chi connectivity index (χ3n) is 3.88. The number of hydrogen-bond acceptors (Lipinski definition) is 3. The quantitative estimate of drug-likeness (QED) is 0.740. The van der Waals surface area contributed by atoms with E-state index in [0.29, 0.717) is 12.1 Å². The Hall–Kier alpha value is -0.120. The molecule has 1 fully saturated rings. The highest BCUT2D eigenvalue weighted by atomic mass is 16.5. The average Bonchev–Trinajstić information content (AvgIpc) is 2.36. The zero-order valence-corrected chi connectivity index (χ0v) is 12.0. The van der Waals surface area contributed by atoms with Gasteiger partial charge in [0.2, 0.25) is 0 Å². The van der Waals surface area contributed by atoms with Gasteiger partial charge in [-0.05, 0) is 52.1 Å². The number of nitrogens with one attached hydrogen (secondary N) is 1. The van der Waals surface area contributed by atoms with Crippen LogP contribution in [0.3, 0.4) is 0 Å². The Bertz CT molecular complexity index is 199. The van der Waals surface area contributed by atoms with E-state index in [9.17, 15) is 0 Å². The first kappa shape index (κ1) is 14.9. The van der Waals surface area contributed by atoms with Crippen molar-refractivity contribution in [2.45, 2.75) is 52.2 Å². The number of methoxy groups -OCH3 is 1. The summed E-state index contributed by atoms with van der Waals surface area (Å²) >= 11 is 0. The largest absolute Gasteiger partial charge is 0.380 e. The Labute approximate surface area is 107 Å². The van der Waals surface area contributed by atoms with Gasteiger partial charge in [0.15, 0.2) is 0 Å². The molecule has 3 atom stereocenters. The van der Waals surface area contributed by atoms with Gasteiger partial charge in [0, 0.05) is 26.2 Å². The molecule has 1 N–H and O–H groups in total. The molecule has 17 heavy (non-hydrogen) atoms. The predicted molar refractivity (Wildman–Crippen MR) is 73.4 cm³/mol. The number of nitrogens with zero attached hydrogens (tertiary/aromatic N) is 1. The number of ether oxygens (including phenoxy) is 1. The second-order valence-electron chi connectivity index (χ2n) is 5.45. The van der Waals surface area contributed by atoms with Crippen molar-refractivity contribution < 1.29 is 4.74 Å². The Morgan fingerprint density at radius 1 is 1.41 bits per heavy atom. The summed E-state index contributed by atoms with van der Waals surface area (Å²) in [5, 5.41) is 3.63. The van der Waals surface area contributed by atoms with Crippen molar-refractivity contribution in [3.05, 3.63) is 0 Å². The maximum Gasteiger partial charge on any atom is 0.0670 e. The number of rotatable bonds is 7. The van der Waals surface area contributed by atoms with Gasteiger partial charge in [-0.3, -0.25) is 0 Å². The number of likely N-dealkylation sites (tertiary alicyclic amines) is 1. The minimum atomic E-state index is 0.354. The molecule has 1 saturated heterocycles. The van der Waals surface area contributed by atoms with Gasteiger partial charge in [0.25, 0.3) is 0 Å². The summed E-state index contributed by atoms with van der Waals surface area (Å²) < 4.78 is 5.36. The average molecular weight is 242 g/mol. The summed E-state index contributed by atoms with van der Waals surface area (Å²) in [5.41, 5.74) is 0. The van der Waals surface area contributed by atoms with Crippen LogP contribution in [-0.4, -0.2) is 50.3 Å². The van der Waals surface area contributed by atoms with Crippen molar-refractivity contribution in [1.82, 2.24) is 10.2 Å². The maximum atomic E-state index is 5.36. The Kier molecular flexibility index (Phi) is 7.09. The van der Waals surface area contributed by atoms with E-state index in [1.807, 2.05) is 0 Å². The molecule has 0 amide bonds. The van der Waals surface area contributed by atoms with E-state index in [0.717, 1.165) is 19.0 Å².